The van der Waals surface area contributed by atoms with E-state index in [-0.39, 0.29) is 0 Å². The Kier molecular flexibility index (Phi) is 3.99. The molecule has 2 nitrogen and oxygen atoms in total. The van der Waals surface area contributed by atoms with E-state index in [1.165, 1.54) is 40.0 Å². The van der Waals surface area contributed by atoms with Crippen LogP contribution in [-0.2, 0) is 4.74 Å². The Morgan fingerprint density at radius 3 is 3.17 bits per heavy atom. The first-order valence-electron chi connectivity index (χ1n) is 6.62. The van der Waals surface area contributed by atoms with Crippen LogP contribution in [0.3, 0.4) is 0 Å². The Labute approximate surface area is 116 Å². The second-order valence-corrected chi connectivity index (χ2v) is 6.91. The summed E-state index contributed by atoms with van der Waals surface area (Å²) >= 11 is 3.76. The lowest BCUT2D eigenvalue weighted by atomic mass is 10.0. The van der Waals surface area contributed by atoms with E-state index in [4.69, 9.17) is 4.74 Å². The number of hydrogen-bond acceptors (Lipinski definition) is 4. The van der Waals surface area contributed by atoms with Crippen molar-refractivity contribution in [1.82, 2.24) is 5.32 Å². The van der Waals surface area contributed by atoms with E-state index < -0.39 is 0 Å². The molecule has 0 amide bonds. The normalized spacial score (nSPS) is 21.7. The van der Waals surface area contributed by atoms with Gasteiger partial charge in [-0.15, -0.1) is 22.7 Å². The lowest BCUT2D eigenvalue weighted by molar-refractivity contribution is 0.0999. The average Bonchev–Trinajstić information content (AvgIpc) is 3.04. The van der Waals surface area contributed by atoms with Gasteiger partial charge in [0.15, 0.2) is 0 Å². The van der Waals surface area contributed by atoms with Crippen LogP contribution in [-0.4, -0.2) is 19.8 Å². The van der Waals surface area contributed by atoms with Crippen molar-refractivity contribution < 1.29 is 4.74 Å². The molecule has 2 unspecified atom stereocenters. The van der Waals surface area contributed by atoms with Gasteiger partial charge in [0.25, 0.3) is 0 Å². The van der Waals surface area contributed by atoms with Crippen molar-refractivity contribution in [3.8, 4) is 0 Å². The van der Waals surface area contributed by atoms with Gasteiger partial charge in [0, 0.05) is 26.9 Å². The summed E-state index contributed by atoms with van der Waals surface area (Å²) in [4.78, 5) is 1.47. The maximum Gasteiger partial charge on any atom is 0.0576 e. The summed E-state index contributed by atoms with van der Waals surface area (Å²) in [5.74, 6) is 0. The molecule has 18 heavy (non-hydrogen) atoms. The van der Waals surface area contributed by atoms with E-state index in [0.29, 0.717) is 12.1 Å². The van der Waals surface area contributed by atoms with Crippen molar-refractivity contribution in [2.75, 3.05) is 13.7 Å². The highest BCUT2D eigenvalue weighted by Crippen LogP contribution is 2.35. The first-order valence-corrected chi connectivity index (χ1v) is 8.32. The van der Waals surface area contributed by atoms with Crippen LogP contribution in [0.1, 0.15) is 36.6 Å². The van der Waals surface area contributed by atoms with E-state index in [2.05, 4.69) is 29.9 Å². The molecule has 3 heterocycles. The van der Waals surface area contributed by atoms with Crippen molar-refractivity contribution in [2.45, 2.75) is 37.8 Å². The molecule has 0 spiro atoms. The zero-order valence-electron chi connectivity index (χ0n) is 10.6. The molecule has 0 bridgehead atoms. The number of nitrogens with one attached hydrogen (secondary N) is 1. The molecule has 3 rings (SSSR count). The first kappa shape index (κ1) is 12.6. The molecule has 2 aromatic heterocycles. The number of hydrogen-bond donors (Lipinski definition) is 1. The molecule has 2 atom stereocenters. The molecule has 1 N–H and O–H groups in total. The van der Waals surface area contributed by atoms with Crippen LogP contribution in [0.25, 0.3) is 9.40 Å². The third-order valence-electron chi connectivity index (χ3n) is 3.65. The zero-order valence-corrected chi connectivity index (χ0v) is 12.3. The Bertz CT molecular complexity index is 470. The molecule has 1 fully saturated rings. The van der Waals surface area contributed by atoms with Gasteiger partial charge in [0.1, 0.15) is 0 Å². The maximum absolute atomic E-state index is 5.71. The summed E-state index contributed by atoms with van der Waals surface area (Å²) < 4.78 is 8.55. The largest absolute Gasteiger partial charge is 0.378 e. The third kappa shape index (κ3) is 2.62. The predicted octanol–water partition coefficient (Wildman–Crippen LogP) is 4.18. The lowest BCUT2D eigenvalue weighted by Crippen LogP contribution is -2.17. The van der Waals surface area contributed by atoms with Crippen molar-refractivity contribution in [2.24, 2.45) is 0 Å². The summed E-state index contributed by atoms with van der Waals surface area (Å²) in [5, 5.41) is 5.62. The highest BCUT2D eigenvalue weighted by molar-refractivity contribution is 7.26. The van der Waals surface area contributed by atoms with Gasteiger partial charge in [-0.2, -0.15) is 0 Å². The Balaban J connectivity index is 1.65. The second-order valence-electron chi connectivity index (χ2n) is 4.85. The molecule has 0 aromatic carbocycles. The topological polar surface area (TPSA) is 21.3 Å². The Morgan fingerprint density at radius 2 is 2.44 bits per heavy atom. The summed E-state index contributed by atoms with van der Waals surface area (Å²) in [6, 6.07) is 5.06. The molecule has 1 saturated heterocycles. The number of rotatable bonds is 5. The molecule has 0 radical (unpaired) electrons. The number of ether oxygens (including phenoxy) is 1. The van der Waals surface area contributed by atoms with Gasteiger partial charge in [-0.05, 0) is 50.2 Å². The minimum atomic E-state index is 0.485. The molecule has 0 saturated carbocycles. The van der Waals surface area contributed by atoms with Crippen LogP contribution < -0.4 is 5.32 Å². The molecule has 1 aliphatic rings. The average molecular weight is 281 g/mol. The molecule has 0 aliphatic carbocycles. The monoisotopic (exact) mass is 281 g/mol. The van der Waals surface area contributed by atoms with E-state index in [1.807, 2.05) is 22.7 Å². The summed E-state index contributed by atoms with van der Waals surface area (Å²) in [6.07, 6.45) is 5.34. The van der Waals surface area contributed by atoms with Crippen molar-refractivity contribution >= 4 is 32.1 Å². The fraction of sp³-hybridized carbons (Fsp3) is 0.571. The fourth-order valence-corrected chi connectivity index (χ4v) is 4.87. The zero-order chi connectivity index (χ0) is 12.4. The minimum absolute atomic E-state index is 0.485. The van der Waals surface area contributed by atoms with Crippen LogP contribution in [0.2, 0.25) is 0 Å². The summed E-state index contributed by atoms with van der Waals surface area (Å²) in [7, 11) is 2.06. The highest BCUT2D eigenvalue weighted by Gasteiger charge is 2.19. The standard InChI is InChI=1S/C14H19NOS2/c1-15-11(5-4-10-3-2-7-16-10)13-9-14-12(18-13)6-8-17-14/h6,8-11,15H,2-5,7H2,1H3. The molecule has 1 aliphatic heterocycles. The van der Waals surface area contributed by atoms with E-state index in [1.54, 1.807) is 0 Å². The van der Waals surface area contributed by atoms with E-state index in [9.17, 15) is 0 Å². The smallest absolute Gasteiger partial charge is 0.0576 e. The van der Waals surface area contributed by atoms with Crippen LogP contribution in [0.4, 0.5) is 0 Å². The van der Waals surface area contributed by atoms with Gasteiger partial charge in [0.2, 0.25) is 0 Å². The quantitative estimate of drug-likeness (QED) is 0.887. The predicted molar refractivity (Wildman–Crippen MR) is 79.7 cm³/mol. The highest BCUT2D eigenvalue weighted by atomic mass is 32.1. The second kappa shape index (κ2) is 5.70. The molecular weight excluding hydrogens is 262 g/mol. The van der Waals surface area contributed by atoms with Gasteiger partial charge >= 0.3 is 0 Å². The maximum atomic E-state index is 5.71. The summed E-state index contributed by atoms with van der Waals surface area (Å²) in [5.41, 5.74) is 0. The van der Waals surface area contributed by atoms with Crippen LogP contribution in [0, 0.1) is 0 Å². The van der Waals surface area contributed by atoms with Crippen LogP contribution in [0.15, 0.2) is 17.5 Å². The van der Waals surface area contributed by atoms with Gasteiger partial charge in [-0.1, -0.05) is 0 Å². The van der Waals surface area contributed by atoms with Crippen molar-refractivity contribution in [3.05, 3.63) is 22.4 Å². The van der Waals surface area contributed by atoms with Crippen molar-refractivity contribution in [1.29, 1.82) is 0 Å². The lowest BCUT2D eigenvalue weighted by Gasteiger charge is -2.16. The van der Waals surface area contributed by atoms with E-state index >= 15 is 0 Å². The fourth-order valence-electron chi connectivity index (χ4n) is 2.61. The SMILES string of the molecule is CNC(CCC1CCCO1)c1cc2sccc2s1. The number of fused-ring (bicyclic) bond motifs is 1. The van der Waals surface area contributed by atoms with Crippen LogP contribution in [0.5, 0.6) is 0 Å². The Morgan fingerprint density at radius 1 is 1.50 bits per heavy atom. The molecule has 4 heteroatoms. The van der Waals surface area contributed by atoms with E-state index in [0.717, 1.165) is 6.61 Å². The number of thiophene rings is 2. The minimum Gasteiger partial charge on any atom is -0.378 e. The molecule has 2 aromatic rings. The van der Waals surface area contributed by atoms with Gasteiger partial charge in [-0.25, -0.2) is 0 Å². The molecular formula is C14H19NOS2. The van der Waals surface area contributed by atoms with Gasteiger partial charge in [-0.3, -0.25) is 0 Å². The van der Waals surface area contributed by atoms with Crippen molar-refractivity contribution in [3.63, 3.8) is 0 Å². The summed E-state index contributed by atoms with van der Waals surface area (Å²) in [6.45, 7) is 0.962. The molecule has 98 valence electrons. The first-order chi connectivity index (χ1) is 8.86. The Hall–Kier alpha value is -0.420. The van der Waals surface area contributed by atoms with Crippen LogP contribution >= 0.6 is 22.7 Å². The third-order valence-corrected chi connectivity index (χ3v) is 5.86. The van der Waals surface area contributed by atoms with Gasteiger partial charge < -0.3 is 10.1 Å². The van der Waals surface area contributed by atoms with Gasteiger partial charge in [0.05, 0.1) is 6.10 Å².